The summed E-state index contributed by atoms with van der Waals surface area (Å²) in [4.78, 5) is 21.3. The van der Waals surface area contributed by atoms with Gasteiger partial charge in [-0.25, -0.2) is 0 Å². The van der Waals surface area contributed by atoms with E-state index < -0.39 is 0 Å². The van der Waals surface area contributed by atoms with Gasteiger partial charge in [-0.2, -0.15) is 0 Å². The van der Waals surface area contributed by atoms with Gasteiger partial charge in [0.2, 0.25) is 0 Å². The normalized spacial score (nSPS) is 13.4. The summed E-state index contributed by atoms with van der Waals surface area (Å²) in [6.45, 7) is 2.54. The van der Waals surface area contributed by atoms with Crippen LogP contribution in [0.1, 0.15) is 10.4 Å². The van der Waals surface area contributed by atoms with Crippen LogP contribution in [0.5, 0.6) is 11.5 Å². The quantitative estimate of drug-likeness (QED) is 0.465. The van der Waals surface area contributed by atoms with Gasteiger partial charge in [-0.1, -0.05) is 30.3 Å². The number of nitrogens with zero attached hydrogens (tertiary/aromatic N) is 5. The topological polar surface area (TPSA) is 83.5 Å². The molecule has 0 spiro atoms. The van der Waals surface area contributed by atoms with Gasteiger partial charge >= 0.3 is 0 Å². The molecule has 8 heteroatoms. The Hall–Kier alpha value is -4.46. The lowest BCUT2D eigenvalue weighted by Gasteiger charge is -2.35. The molecule has 0 bridgehead atoms. The highest BCUT2D eigenvalue weighted by atomic mass is 16.5. The average Bonchev–Trinajstić information content (AvgIpc) is 2.90. The Labute approximate surface area is 197 Å². The molecule has 34 heavy (non-hydrogen) atoms. The summed E-state index contributed by atoms with van der Waals surface area (Å²) in [5.74, 6) is 2.67. The number of carbonyl (C=O) groups excluding carboxylic acids is 1. The number of piperazine rings is 1. The second kappa shape index (κ2) is 9.99. The fourth-order valence-electron chi connectivity index (χ4n) is 3.80. The lowest BCUT2D eigenvalue weighted by atomic mass is 10.1. The highest BCUT2D eigenvalue weighted by Crippen LogP contribution is 2.27. The molecule has 1 fully saturated rings. The van der Waals surface area contributed by atoms with Gasteiger partial charge in [0, 0.05) is 32.4 Å². The summed E-state index contributed by atoms with van der Waals surface area (Å²) in [6, 6.07) is 24.5. The van der Waals surface area contributed by atoms with Gasteiger partial charge in [0.1, 0.15) is 11.5 Å². The van der Waals surface area contributed by atoms with Crippen LogP contribution in [0.3, 0.4) is 0 Å². The number of carbonyl (C=O) groups is 1. The molecule has 1 N–H and O–H groups in total. The zero-order chi connectivity index (χ0) is 23.2. The van der Waals surface area contributed by atoms with Crippen LogP contribution >= 0.6 is 0 Å². The Bertz CT molecular complexity index is 1230. The van der Waals surface area contributed by atoms with E-state index in [1.807, 2.05) is 83.8 Å². The molecule has 0 aliphatic carbocycles. The van der Waals surface area contributed by atoms with Crippen LogP contribution in [0.25, 0.3) is 0 Å². The summed E-state index contributed by atoms with van der Waals surface area (Å²) >= 11 is 0. The molecule has 0 radical (unpaired) electrons. The van der Waals surface area contributed by atoms with Crippen LogP contribution in [0, 0.1) is 0 Å². The third-order valence-electron chi connectivity index (χ3n) is 5.56. The lowest BCUT2D eigenvalue weighted by Crippen LogP contribution is -2.49. The van der Waals surface area contributed by atoms with Crippen molar-refractivity contribution in [1.29, 1.82) is 0 Å². The number of nitrogens with one attached hydrogen (secondary N) is 1. The first-order valence-corrected chi connectivity index (χ1v) is 11.1. The van der Waals surface area contributed by atoms with Gasteiger partial charge in [0.15, 0.2) is 11.6 Å². The summed E-state index contributed by atoms with van der Waals surface area (Å²) in [6.07, 6.45) is 3.45. The molecular weight excluding hydrogens is 428 g/mol. The van der Waals surface area contributed by atoms with Gasteiger partial charge in [0.05, 0.1) is 17.4 Å². The first-order chi connectivity index (χ1) is 16.8. The number of para-hydroxylation sites is 2. The zero-order valence-electron chi connectivity index (χ0n) is 18.5. The molecule has 1 aliphatic rings. The SMILES string of the molecule is O=C(c1ccccc1Oc1ccccc1)N1CCN(c2ccc(Nc3cccnc3)nn2)CC1. The van der Waals surface area contributed by atoms with Crippen molar-refractivity contribution in [3.8, 4) is 11.5 Å². The predicted molar refractivity (Wildman–Crippen MR) is 131 cm³/mol. The monoisotopic (exact) mass is 452 g/mol. The van der Waals surface area contributed by atoms with Gasteiger partial charge in [-0.05, 0) is 48.5 Å². The van der Waals surface area contributed by atoms with E-state index in [1.54, 1.807) is 12.4 Å². The van der Waals surface area contributed by atoms with Gasteiger partial charge < -0.3 is 19.9 Å². The van der Waals surface area contributed by atoms with Crippen molar-refractivity contribution in [2.75, 3.05) is 36.4 Å². The number of ether oxygens (including phenoxy) is 1. The van der Waals surface area contributed by atoms with E-state index in [9.17, 15) is 4.79 Å². The maximum atomic E-state index is 13.3. The summed E-state index contributed by atoms with van der Waals surface area (Å²) < 4.78 is 5.98. The van der Waals surface area contributed by atoms with E-state index in [2.05, 4.69) is 25.4 Å². The minimum absolute atomic E-state index is 0.0340. The molecule has 2 aromatic carbocycles. The van der Waals surface area contributed by atoms with Gasteiger partial charge in [-0.15, -0.1) is 10.2 Å². The predicted octanol–water partition coefficient (Wildman–Crippen LogP) is 4.37. The van der Waals surface area contributed by atoms with Crippen molar-refractivity contribution in [3.63, 3.8) is 0 Å². The molecule has 1 aliphatic heterocycles. The van der Waals surface area contributed by atoms with Crippen molar-refractivity contribution in [1.82, 2.24) is 20.1 Å². The minimum Gasteiger partial charge on any atom is -0.457 e. The van der Waals surface area contributed by atoms with E-state index in [0.717, 1.165) is 11.5 Å². The smallest absolute Gasteiger partial charge is 0.257 e. The Morgan fingerprint density at radius 3 is 2.35 bits per heavy atom. The molecule has 8 nitrogen and oxygen atoms in total. The number of anilines is 3. The molecular formula is C26H24N6O2. The number of amides is 1. The van der Waals surface area contributed by atoms with E-state index in [4.69, 9.17) is 4.74 Å². The number of rotatable bonds is 6. The highest BCUT2D eigenvalue weighted by molar-refractivity contribution is 5.97. The van der Waals surface area contributed by atoms with Crippen LogP contribution in [0.4, 0.5) is 17.3 Å². The van der Waals surface area contributed by atoms with Crippen molar-refractivity contribution in [3.05, 3.63) is 96.8 Å². The van der Waals surface area contributed by atoms with Crippen molar-refractivity contribution in [2.24, 2.45) is 0 Å². The molecule has 3 heterocycles. The highest BCUT2D eigenvalue weighted by Gasteiger charge is 2.25. The van der Waals surface area contributed by atoms with Crippen LogP contribution in [-0.4, -0.2) is 52.2 Å². The molecule has 5 rings (SSSR count). The summed E-state index contributed by atoms with van der Waals surface area (Å²) in [7, 11) is 0. The molecule has 0 unspecified atom stereocenters. The number of benzene rings is 2. The first-order valence-electron chi connectivity index (χ1n) is 11.1. The number of hydrogen-bond acceptors (Lipinski definition) is 7. The maximum Gasteiger partial charge on any atom is 0.257 e. The fraction of sp³-hybridized carbons (Fsp3) is 0.154. The van der Waals surface area contributed by atoms with E-state index in [0.29, 0.717) is 49.1 Å². The third-order valence-corrected chi connectivity index (χ3v) is 5.56. The third kappa shape index (κ3) is 4.96. The van der Waals surface area contributed by atoms with E-state index in [-0.39, 0.29) is 5.91 Å². The molecule has 0 atom stereocenters. The average molecular weight is 453 g/mol. The van der Waals surface area contributed by atoms with Crippen LogP contribution < -0.4 is 15.0 Å². The minimum atomic E-state index is -0.0340. The summed E-state index contributed by atoms with van der Waals surface area (Å²) in [5.41, 5.74) is 1.42. The van der Waals surface area contributed by atoms with Crippen LogP contribution in [0.15, 0.2) is 91.3 Å². The van der Waals surface area contributed by atoms with E-state index >= 15 is 0 Å². The van der Waals surface area contributed by atoms with Gasteiger partial charge in [-0.3, -0.25) is 9.78 Å². The van der Waals surface area contributed by atoms with Crippen molar-refractivity contribution < 1.29 is 9.53 Å². The molecule has 170 valence electrons. The molecule has 0 saturated carbocycles. The standard InChI is InChI=1S/C26H24N6O2/c33-26(22-10-4-5-11-23(22)34-21-8-2-1-3-9-21)32-17-15-31(16-18-32)25-13-12-24(29-30-25)28-20-7-6-14-27-19-20/h1-14,19H,15-18H2,(H,28,29). The number of hydrogen-bond donors (Lipinski definition) is 1. The van der Waals surface area contributed by atoms with Crippen molar-refractivity contribution >= 4 is 23.2 Å². The zero-order valence-corrected chi connectivity index (χ0v) is 18.5. The fourth-order valence-corrected chi connectivity index (χ4v) is 3.80. The Morgan fingerprint density at radius 1 is 0.824 bits per heavy atom. The van der Waals surface area contributed by atoms with Crippen molar-refractivity contribution in [2.45, 2.75) is 0 Å². The number of pyridine rings is 1. The molecule has 2 aromatic heterocycles. The summed E-state index contributed by atoms with van der Waals surface area (Å²) in [5, 5.41) is 11.8. The van der Waals surface area contributed by atoms with Crippen LogP contribution in [0.2, 0.25) is 0 Å². The first kappa shape index (κ1) is 21.4. The van der Waals surface area contributed by atoms with Crippen LogP contribution in [-0.2, 0) is 0 Å². The Balaban J connectivity index is 1.21. The second-order valence-corrected chi connectivity index (χ2v) is 7.83. The molecule has 4 aromatic rings. The van der Waals surface area contributed by atoms with E-state index in [1.165, 1.54) is 0 Å². The Morgan fingerprint density at radius 2 is 1.62 bits per heavy atom. The lowest BCUT2D eigenvalue weighted by molar-refractivity contribution is 0.0744. The van der Waals surface area contributed by atoms with Gasteiger partial charge in [0.25, 0.3) is 5.91 Å². The number of aromatic nitrogens is 3. The maximum absolute atomic E-state index is 13.3. The molecule has 1 saturated heterocycles. The molecule has 1 amide bonds. The second-order valence-electron chi connectivity index (χ2n) is 7.83. The largest absolute Gasteiger partial charge is 0.457 e. The Kier molecular flexibility index (Phi) is 6.29.